The lowest BCUT2D eigenvalue weighted by Crippen LogP contribution is -2.49. The molecule has 0 spiro atoms. The fourth-order valence-electron chi connectivity index (χ4n) is 1.74. The molecule has 0 aliphatic carbocycles. The molecule has 0 aromatic carbocycles. The molecular formula is C15H30N2O2S. The quantitative estimate of drug-likeness (QED) is 0.685. The fourth-order valence-corrected chi connectivity index (χ4v) is 2.97. The summed E-state index contributed by atoms with van der Waals surface area (Å²) >= 11 is 1.48. The van der Waals surface area contributed by atoms with E-state index in [1.54, 1.807) is 0 Å². The zero-order valence-electron chi connectivity index (χ0n) is 13.7. The Kier molecular flexibility index (Phi) is 8.44. The van der Waals surface area contributed by atoms with E-state index in [1.807, 2.05) is 20.8 Å². The Hall–Kier alpha value is -0.550. The van der Waals surface area contributed by atoms with Gasteiger partial charge in [0.15, 0.2) is 0 Å². The Labute approximate surface area is 127 Å². The SMILES string of the molecule is CCC(N[C@H](CSCC(=O)C(C)(C)C)C(N)=O)C(C)C. The van der Waals surface area contributed by atoms with Gasteiger partial charge in [0, 0.05) is 17.2 Å². The second-order valence-corrected chi connectivity index (χ2v) is 7.60. The molecule has 0 aliphatic heterocycles. The molecule has 2 atom stereocenters. The van der Waals surface area contributed by atoms with Gasteiger partial charge in [0.05, 0.1) is 11.8 Å². The number of carbonyl (C=O) groups excluding carboxylic acids is 2. The van der Waals surface area contributed by atoms with Gasteiger partial charge in [0.1, 0.15) is 5.78 Å². The molecule has 4 nitrogen and oxygen atoms in total. The summed E-state index contributed by atoms with van der Waals surface area (Å²) in [7, 11) is 0. The minimum Gasteiger partial charge on any atom is -0.368 e. The smallest absolute Gasteiger partial charge is 0.235 e. The normalized spacial score (nSPS) is 15.2. The first-order valence-electron chi connectivity index (χ1n) is 7.26. The highest BCUT2D eigenvalue weighted by molar-refractivity contribution is 8.00. The summed E-state index contributed by atoms with van der Waals surface area (Å²) in [6, 6.07) is -0.105. The van der Waals surface area contributed by atoms with Crippen LogP contribution in [0.2, 0.25) is 0 Å². The minimum absolute atomic E-state index is 0.196. The third-order valence-corrected chi connectivity index (χ3v) is 4.39. The standard InChI is InChI=1S/C15H30N2O2S/c1-7-11(10(2)3)17-12(14(16)19)8-20-9-13(18)15(4,5)6/h10-12,17H,7-9H2,1-6H3,(H2,16,19)/t11?,12-/m1/s1. The van der Waals surface area contributed by atoms with E-state index < -0.39 is 0 Å². The van der Waals surface area contributed by atoms with E-state index in [0.29, 0.717) is 17.4 Å². The molecule has 118 valence electrons. The number of thioether (sulfide) groups is 1. The average molecular weight is 302 g/mol. The molecule has 5 heteroatoms. The molecule has 0 rings (SSSR count). The molecule has 0 saturated heterocycles. The van der Waals surface area contributed by atoms with Gasteiger partial charge in [-0.1, -0.05) is 41.5 Å². The molecule has 0 aliphatic rings. The molecule has 1 unspecified atom stereocenters. The summed E-state index contributed by atoms with van der Waals surface area (Å²) in [6.45, 7) is 12.1. The van der Waals surface area contributed by atoms with Crippen LogP contribution in [-0.4, -0.2) is 35.3 Å². The number of nitrogens with two attached hydrogens (primary N) is 1. The maximum absolute atomic E-state index is 11.8. The molecule has 3 N–H and O–H groups in total. The number of nitrogens with one attached hydrogen (secondary N) is 1. The van der Waals surface area contributed by atoms with Crippen LogP contribution in [0.4, 0.5) is 0 Å². The van der Waals surface area contributed by atoms with Gasteiger partial charge < -0.3 is 11.1 Å². The Balaban J connectivity index is 4.36. The second kappa shape index (κ2) is 8.67. The zero-order chi connectivity index (χ0) is 15.9. The van der Waals surface area contributed by atoms with E-state index >= 15 is 0 Å². The summed E-state index contributed by atoms with van der Waals surface area (Å²) in [5, 5.41) is 3.31. The van der Waals surface area contributed by atoms with Gasteiger partial charge in [-0.3, -0.25) is 9.59 Å². The summed E-state index contributed by atoms with van der Waals surface area (Å²) in [6.07, 6.45) is 0.951. The molecule has 1 amide bonds. The van der Waals surface area contributed by atoms with Crippen LogP contribution >= 0.6 is 11.8 Å². The van der Waals surface area contributed by atoms with Crippen LogP contribution in [0.1, 0.15) is 48.0 Å². The van der Waals surface area contributed by atoms with Crippen molar-refractivity contribution in [2.45, 2.75) is 60.0 Å². The first kappa shape index (κ1) is 19.4. The van der Waals surface area contributed by atoms with Crippen LogP contribution in [0, 0.1) is 11.3 Å². The third kappa shape index (κ3) is 7.29. The predicted molar refractivity (Wildman–Crippen MR) is 86.8 cm³/mol. The van der Waals surface area contributed by atoms with E-state index in [-0.39, 0.29) is 29.2 Å². The fraction of sp³-hybridized carbons (Fsp3) is 0.867. The van der Waals surface area contributed by atoms with Crippen molar-refractivity contribution in [1.82, 2.24) is 5.32 Å². The number of rotatable bonds is 9. The van der Waals surface area contributed by atoms with Crippen LogP contribution in [0.3, 0.4) is 0 Å². The summed E-state index contributed by atoms with van der Waals surface area (Å²) in [4.78, 5) is 23.4. The van der Waals surface area contributed by atoms with Crippen molar-refractivity contribution in [2.24, 2.45) is 17.1 Å². The summed E-state index contributed by atoms with van der Waals surface area (Å²) in [5.74, 6) is 1.26. The first-order chi connectivity index (χ1) is 9.09. The van der Waals surface area contributed by atoms with Crippen molar-refractivity contribution in [2.75, 3.05) is 11.5 Å². The van der Waals surface area contributed by atoms with E-state index in [0.717, 1.165) is 6.42 Å². The molecule has 0 aromatic heterocycles. The molecule has 0 heterocycles. The van der Waals surface area contributed by atoms with E-state index in [2.05, 4.69) is 26.1 Å². The lowest BCUT2D eigenvalue weighted by atomic mass is 9.92. The van der Waals surface area contributed by atoms with Gasteiger partial charge >= 0.3 is 0 Å². The largest absolute Gasteiger partial charge is 0.368 e. The van der Waals surface area contributed by atoms with Crippen LogP contribution in [0.25, 0.3) is 0 Å². The minimum atomic E-state index is -0.375. The van der Waals surface area contributed by atoms with Gasteiger partial charge in [-0.2, -0.15) is 11.8 Å². The van der Waals surface area contributed by atoms with Crippen LogP contribution in [0.5, 0.6) is 0 Å². The average Bonchev–Trinajstić information content (AvgIpc) is 2.30. The predicted octanol–water partition coefficient (Wildman–Crippen LogP) is 2.21. The summed E-state index contributed by atoms with van der Waals surface area (Å²) < 4.78 is 0. The molecule has 0 bridgehead atoms. The Bertz CT molecular complexity index is 324. The third-order valence-electron chi connectivity index (χ3n) is 3.36. The van der Waals surface area contributed by atoms with Crippen LogP contribution in [-0.2, 0) is 9.59 Å². The number of Topliss-reactive ketones (excluding diaryl/α,β-unsaturated/α-hetero) is 1. The Morgan fingerprint density at radius 3 is 2.15 bits per heavy atom. The van der Waals surface area contributed by atoms with Crippen LogP contribution in [0.15, 0.2) is 0 Å². The van der Waals surface area contributed by atoms with Crippen molar-refractivity contribution >= 4 is 23.5 Å². The van der Waals surface area contributed by atoms with Crippen molar-refractivity contribution < 1.29 is 9.59 Å². The molecule has 20 heavy (non-hydrogen) atoms. The number of hydrogen-bond donors (Lipinski definition) is 2. The maximum atomic E-state index is 11.8. The van der Waals surface area contributed by atoms with Gasteiger partial charge in [-0.25, -0.2) is 0 Å². The topological polar surface area (TPSA) is 72.2 Å². The zero-order valence-corrected chi connectivity index (χ0v) is 14.5. The lowest BCUT2D eigenvalue weighted by Gasteiger charge is -2.26. The molecular weight excluding hydrogens is 272 g/mol. The molecule has 0 fully saturated rings. The van der Waals surface area contributed by atoms with Crippen molar-refractivity contribution in [1.29, 1.82) is 0 Å². The Morgan fingerprint density at radius 2 is 1.80 bits per heavy atom. The molecule has 0 radical (unpaired) electrons. The van der Waals surface area contributed by atoms with Gasteiger partial charge in [-0.05, 0) is 12.3 Å². The maximum Gasteiger partial charge on any atom is 0.235 e. The summed E-state index contributed by atoms with van der Waals surface area (Å²) in [5.41, 5.74) is 5.12. The number of ketones is 1. The van der Waals surface area contributed by atoms with Crippen LogP contribution < -0.4 is 11.1 Å². The van der Waals surface area contributed by atoms with E-state index in [9.17, 15) is 9.59 Å². The molecule has 0 saturated carbocycles. The number of hydrogen-bond acceptors (Lipinski definition) is 4. The van der Waals surface area contributed by atoms with Gasteiger partial charge in [-0.15, -0.1) is 0 Å². The highest BCUT2D eigenvalue weighted by Gasteiger charge is 2.24. The highest BCUT2D eigenvalue weighted by atomic mass is 32.2. The van der Waals surface area contributed by atoms with Crippen molar-refractivity contribution in [3.05, 3.63) is 0 Å². The number of carbonyl (C=O) groups is 2. The van der Waals surface area contributed by atoms with Gasteiger partial charge in [0.2, 0.25) is 5.91 Å². The molecule has 0 aromatic rings. The second-order valence-electron chi connectivity index (χ2n) is 6.57. The van der Waals surface area contributed by atoms with Crippen molar-refractivity contribution in [3.63, 3.8) is 0 Å². The number of amides is 1. The van der Waals surface area contributed by atoms with E-state index in [4.69, 9.17) is 5.73 Å². The first-order valence-corrected chi connectivity index (χ1v) is 8.41. The van der Waals surface area contributed by atoms with Crippen molar-refractivity contribution in [3.8, 4) is 0 Å². The number of primary amides is 1. The highest BCUT2D eigenvalue weighted by Crippen LogP contribution is 2.18. The lowest BCUT2D eigenvalue weighted by molar-refractivity contribution is -0.123. The monoisotopic (exact) mass is 302 g/mol. The van der Waals surface area contributed by atoms with E-state index in [1.165, 1.54) is 11.8 Å². The Morgan fingerprint density at radius 1 is 1.25 bits per heavy atom. The van der Waals surface area contributed by atoms with Gasteiger partial charge in [0.25, 0.3) is 0 Å².